The molecule has 0 bridgehead atoms. The first kappa shape index (κ1) is 52.8. The van der Waals surface area contributed by atoms with Crippen molar-refractivity contribution in [2.75, 3.05) is 5.75 Å². The molecule has 54 heavy (non-hydrogen) atoms. The molecular formula is C47H91NO5S. The molecule has 0 aromatic rings. The highest BCUT2D eigenvalue weighted by Crippen LogP contribution is 2.16. The summed E-state index contributed by atoms with van der Waals surface area (Å²) in [6, 6.07) is -1.07. The number of aliphatic hydroxyl groups is 1. The number of carbonyl (C=O) groups excluding carboxylic acids is 1. The molecule has 0 aliphatic heterocycles. The Morgan fingerprint density at radius 1 is 0.481 bits per heavy atom. The Morgan fingerprint density at radius 2 is 0.796 bits per heavy atom. The highest BCUT2D eigenvalue weighted by molar-refractivity contribution is 7.85. The van der Waals surface area contributed by atoms with E-state index >= 15 is 0 Å². The molecule has 2 unspecified atom stereocenters. The Morgan fingerprint density at radius 3 is 1.17 bits per heavy atom. The monoisotopic (exact) mass is 782 g/mol. The lowest BCUT2D eigenvalue weighted by Crippen LogP contribution is -2.46. The molecule has 0 heterocycles. The van der Waals surface area contributed by atoms with Crippen LogP contribution in [0.5, 0.6) is 0 Å². The molecule has 0 spiro atoms. The van der Waals surface area contributed by atoms with Crippen LogP contribution < -0.4 is 5.32 Å². The van der Waals surface area contributed by atoms with Crippen LogP contribution in [0.3, 0.4) is 0 Å². The van der Waals surface area contributed by atoms with Gasteiger partial charge in [0.05, 0.1) is 17.9 Å². The summed E-state index contributed by atoms with van der Waals surface area (Å²) in [5, 5.41) is 13.3. The van der Waals surface area contributed by atoms with Crippen molar-refractivity contribution in [2.24, 2.45) is 0 Å². The van der Waals surface area contributed by atoms with Gasteiger partial charge in [0.1, 0.15) is 0 Å². The summed E-state index contributed by atoms with van der Waals surface area (Å²) in [7, 11) is -4.35. The molecule has 3 N–H and O–H groups in total. The van der Waals surface area contributed by atoms with E-state index in [1.807, 2.05) is 6.08 Å². The van der Waals surface area contributed by atoms with E-state index in [1.165, 1.54) is 199 Å². The second-order valence-electron chi connectivity index (χ2n) is 16.4. The van der Waals surface area contributed by atoms with Crippen LogP contribution >= 0.6 is 0 Å². The smallest absolute Gasteiger partial charge is 0.267 e. The van der Waals surface area contributed by atoms with Crippen LogP contribution in [0.1, 0.15) is 251 Å². The first-order valence-corrected chi connectivity index (χ1v) is 25.1. The van der Waals surface area contributed by atoms with Crippen molar-refractivity contribution in [3.8, 4) is 0 Å². The third kappa shape index (κ3) is 42.0. The van der Waals surface area contributed by atoms with E-state index < -0.39 is 28.0 Å². The van der Waals surface area contributed by atoms with Crippen LogP contribution in [0.4, 0.5) is 0 Å². The fourth-order valence-corrected chi connectivity index (χ4v) is 8.08. The van der Waals surface area contributed by atoms with E-state index in [0.717, 1.165) is 38.5 Å². The van der Waals surface area contributed by atoms with Crippen molar-refractivity contribution in [3.63, 3.8) is 0 Å². The molecule has 0 aliphatic rings. The number of allylic oxidation sites excluding steroid dienone is 3. The zero-order valence-corrected chi connectivity index (χ0v) is 36.7. The number of amides is 1. The number of carbonyl (C=O) groups is 1. The second kappa shape index (κ2) is 41.5. The predicted molar refractivity (Wildman–Crippen MR) is 235 cm³/mol. The first-order valence-electron chi connectivity index (χ1n) is 23.5. The minimum Gasteiger partial charge on any atom is -0.387 e. The van der Waals surface area contributed by atoms with Gasteiger partial charge in [0.15, 0.2) is 0 Å². The van der Waals surface area contributed by atoms with E-state index in [-0.39, 0.29) is 5.91 Å². The molecule has 2 atom stereocenters. The Bertz CT molecular complexity index is 950. The summed E-state index contributed by atoms with van der Waals surface area (Å²) < 4.78 is 32.6. The normalized spacial score (nSPS) is 13.3. The van der Waals surface area contributed by atoms with E-state index in [0.29, 0.717) is 6.42 Å². The largest absolute Gasteiger partial charge is 0.387 e. The van der Waals surface area contributed by atoms with Crippen LogP contribution in [0.25, 0.3) is 0 Å². The van der Waals surface area contributed by atoms with Crippen molar-refractivity contribution in [3.05, 3.63) is 24.3 Å². The Hall–Kier alpha value is -1.18. The van der Waals surface area contributed by atoms with Gasteiger partial charge in [-0.25, -0.2) is 0 Å². The average Bonchev–Trinajstić information content (AvgIpc) is 3.14. The summed E-state index contributed by atoms with van der Waals surface area (Å²) in [4.78, 5) is 12.6. The molecule has 0 aliphatic carbocycles. The van der Waals surface area contributed by atoms with Gasteiger partial charge >= 0.3 is 0 Å². The van der Waals surface area contributed by atoms with Gasteiger partial charge < -0.3 is 10.4 Å². The summed E-state index contributed by atoms with van der Waals surface area (Å²) in [5.74, 6) is -0.989. The molecule has 1 amide bonds. The van der Waals surface area contributed by atoms with Crippen molar-refractivity contribution in [1.29, 1.82) is 0 Å². The molecule has 0 saturated heterocycles. The lowest BCUT2D eigenvalue weighted by Gasteiger charge is -2.21. The van der Waals surface area contributed by atoms with E-state index in [4.69, 9.17) is 0 Å². The van der Waals surface area contributed by atoms with Gasteiger partial charge in [0.25, 0.3) is 10.1 Å². The third-order valence-corrected chi connectivity index (χ3v) is 11.7. The molecule has 7 heteroatoms. The number of rotatable bonds is 43. The van der Waals surface area contributed by atoms with Gasteiger partial charge in [-0.05, 0) is 32.1 Å². The molecule has 0 fully saturated rings. The summed E-state index contributed by atoms with van der Waals surface area (Å²) >= 11 is 0. The average molecular weight is 782 g/mol. The number of aliphatic hydroxyl groups excluding tert-OH is 1. The van der Waals surface area contributed by atoms with Gasteiger partial charge in [-0.3, -0.25) is 9.35 Å². The van der Waals surface area contributed by atoms with Crippen LogP contribution in [-0.2, 0) is 14.9 Å². The number of hydrogen-bond acceptors (Lipinski definition) is 4. The number of hydrogen-bond donors (Lipinski definition) is 3. The van der Waals surface area contributed by atoms with Crippen molar-refractivity contribution in [1.82, 2.24) is 5.32 Å². The minimum atomic E-state index is -4.35. The maximum absolute atomic E-state index is 12.6. The topological polar surface area (TPSA) is 104 Å². The summed E-state index contributed by atoms with van der Waals surface area (Å²) in [6.07, 6.45) is 53.2. The highest BCUT2D eigenvalue weighted by atomic mass is 32.2. The lowest BCUT2D eigenvalue weighted by atomic mass is 10.0. The SMILES string of the molecule is CCCCCCCCCCCCC/C=C/CC/C=C/C(O)C(CS(=O)(=O)O)NC(=O)CCCCCCCCCCCCCCCCCCCCCCCC. The van der Waals surface area contributed by atoms with Crippen LogP contribution in [0, 0.1) is 0 Å². The summed E-state index contributed by atoms with van der Waals surface area (Å²) in [6.45, 7) is 4.55. The van der Waals surface area contributed by atoms with Crippen molar-refractivity contribution < 1.29 is 22.9 Å². The van der Waals surface area contributed by atoms with Crippen LogP contribution in [0.2, 0.25) is 0 Å². The van der Waals surface area contributed by atoms with Crippen molar-refractivity contribution in [2.45, 2.75) is 264 Å². The molecule has 6 nitrogen and oxygen atoms in total. The molecule has 0 saturated carbocycles. The zero-order chi connectivity index (χ0) is 39.6. The van der Waals surface area contributed by atoms with Gasteiger partial charge in [0, 0.05) is 6.42 Å². The summed E-state index contributed by atoms with van der Waals surface area (Å²) in [5.41, 5.74) is 0. The Balaban J connectivity index is 3.83. The van der Waals surface area contributed by atoms with Crippen LogP contribution in [0.15, 0.2) is 24.3 Å². The second-order valence-corrected chi connectivity index (χ2v) is 17.9. The standard InChI is InChI=1S/C47H91NO5S/c1-3-5-7-9-11-13-15-17-19-21-22-23-24-25-27-29-31-33-35-37-39-41-43-47(50)48-45(44-54(51,52)53)46(49)42-40-38-36-34-32-30-28-26-20-18-16-14-12-10-8-6-4-2/h32,34,40,42,45-46,49H,3-31,33,35-39,41,43-44H2,1-2H3,(H,48,50)(H,51,52,53)/b34-32+,42-40+. The Labute approximate surface area is 336 Å². The molecule has 320 valence electrons. The zero-order valence-electron chi connectivity index (χ0n) is 35.9. The lowest BCUT2D eigenvalue weighted by molar-refractivity contribution is -0.122. The van der Waals surface area contributed by atoms with Gasteiger partial charge in [-0.15, -0.1) is 0 Å². The van der Waals surface area contributed by atoms with E-state index in [1.54, 1.807) is 0 Å². The third-order valence-electron chi connectivity index (χ3n) is 10.9. The Kier molecular flexibility index (Phi) is 40.5. The first-order chi connectivity index (χ1) is 26.3. The van der Waals surface area contributed by atoms with E-state index in [2.05, 4.69) is 31.3 Å². The van der Waals surface area contributed by atoms with Gasteiger partial charge in [-0.2, -0.15) is 8.42 Å². The van der Waals surface area contributed by atoms with Gasteiger partial charge in [-0.1, -0.05) is 237 Å². The molecule has 0 aromatic heterocycles. The maximum atomic E-state index is 12.6. The fraction of sp³-hybridized carbons (Fsp3) is 0.894. The van der Waals surface area contributed by atoms with Crippen molar-refractivity contribution >= 4 is 16.0 Å². The fourth-order valence-electron chi connectivity index (χ4n) is 7.35. The van der Waals surface area contributed by atoms with Gasteiger partial charge in [0.2, 0.25) is 5.91 Å². The maximum Gasteiger partial charge on any atom is 0.267 e. The van der Waals surface area contributed by atoms with E-state index in [9.17, 15) is 22.9 Å². The molecular weight excluding hydrogens is 691 g/mol. The predicted octanol–water partition coefficient (Wildman–Crippen LogP) is 14.3. The number of nitrogens with one attached hydrogen (secondary N) is 1. The highest BCUT2D eigenvalue weighted by Gasteiger charge is 2.24. The number of unbranched alkanes of at least 4 members (excludes halogenated alkanes) is 33. The molecule has 0 radical (unpaired) electrons. The quantitative estimate of drug-likeness (QED) is 0.0325. The van der Waals surface area contributed by atoms with Crippen LogP contribution in [-0.4, -0.2) is 41.9 Å². The molecule has 0 aromatic carbocycles. The molecule has 0 rings (SSSR count). The minimum absolute atomic E-state index is 0.283.